The highest BCUT2D eigenvalue weighted by Gasteiger charge is 2.10. The molecule has 2 rings (SSSR count). The molecule has 0 aliphatic rings. The normalized spacial score (nSPS) is 10.2. The van der Waals surface area contributed by atoms with Gasteiger partial charge in [-0.2, -0.15) is 0 Å². The van der Waals surface area contributed by atoms with E-state index in [0.717, 1.165) is 10.0 Å². The lowest BCUT2D eigenvalue weighted by molar-refractivity contribution is -0.116. The second kappa shape index (κ2) is 7.13. The minimum Gasteiger partial charge on any atom is -0.310 e. The third-order valence-corrected chi connectivity index (χ3v) is 3.41. The SMILES string of the molecule is Cc1cc(Br)cnc1NC(=O)CCC(=O)c1ccccc1. The lowest BCUT2D eigenvalue weighted by Crippen LogP contribution is -2.15. The minimum atomic E-state index is -0.211. The number of benzene rings is 1. The maximum atomic E-state index is 11.9. The van der Waals surface area contributed by atoms with E-state index in [1.165, 1.54) is 0 Å². The predicted molar refractivity (Wildman–Crippen MR) is 85.3 cm³/mol. The average Bonchev–Trinajstić information content (AvgIpc) is 2.48. The number of carbonyl (C=O) groups excluding carboxylic acids is 2. The standard InChI is InChI=1S/C16H15BrN2O2/c1-11-9-13(17)10-18-16(11)19-15(21)8-7-14(20)12-5-3-2-4-6-12/h2-6,9-10H,7-8H2,1H3,(H,18,19,21). The van der Waals surface area contributed by atoms with Gasteiger partial charge in [-0.25, -0.2) is 4.98 Å². The van der Waals surface area contributed by atoms with Crippen LogP contribution in [0.3, 0.4) is 0 Å². The number of carbonyl (C=O) groups is 2. The fourth-order valence-electron chi connectivity index (χ4n) is 1.86. The summed E-state index contributed by atoms with van der Waals surface area (Å²) < 4.78 is 0.859. The molecule has 1 aromatic heterocycles. The fraction of sp³-hybridized carbons (Fsp3) is 0.188. The van der Waals surface area contributed by atoms with E-state index < -0.39 is 0 Å². The Bertz CT molecular complexity index is 657. The summed E-state index contributed by atoms with van der Waals surface area (Å²) in [5, 5.41) is 2.72. The molecule has 4 nitrogen and oxygen atoms in total. The first-order valence-corrected chi connectivity index (χ1v) is 7.36. The molecule has 0 fully saturated rings. The van der Waals surface area contributed by atoms with E-state index >= 15 is 0 Å². The summed E-state index contributed by atoms with van der Waals surface area (Å²) in [6, 6.07) is 10.8. The monoisotopic (exact) mass is 346 g/mol. The van der Waals surface area contributed by atoms with E-state index in [1.54, 1.807) is 18.3 Å². The lowest BCUT2D eigenvalue weighted by atomic mass is 10.1. The number of aryl methyl sites for hydroxylation is 1. The molecule has 0 bridgehead atoms. The molecule has 108 valence electrons. The molecule has 1 heterocycles. The number of nitrogens with zero attached hydrogens (tertiary/aromatic N) is 1. The van der Waals surface area contributed by atoms with E-state index in [9.17, 15) is 9.59 Å². The van der Waals surface area contributed by atoms with Crippen LogP contribution in [0, 0.1) is 6.92 Å². The van der Waals surface area contributed by atoms with Crippen molar-refractivity contribution in [3.63, 3.8) is 0 Å². The van der Waals surface area contributed by atoms with E-state index in [-0.39, 0.29) is 24.5 Å². The number of nitrogens with one attached hydrogen (secondary N) is 1. The molecule has 0 atom stereocenters. The molecule has 21 heavy (non-hydrogen) atoms. The van der Waals surface area contributed by atoms with Crippen LogP contribution < -0.4 is 5.32 Å². The number of pyridine rings is 1. The highest BCUT2D eigenvalue weighted by Crippen LogP contribution is 2.17. The molecule has 0 aliphatic heterocycles. The first-order valence-electron chi connectivity index (χ1n) is 6.56. The molecule has 1 aromatic carbocycles. The van der Waals surface area contributed by atoms with Gasteiger partial charge in [0.15, 0.2) is 5.78 Å². The van der Waals surface area contributed by atoms with Crippen LogP contribution in [-0.2, 0) is 4.79 Å². The van der Waals surface area contributed by atoms with E-state index in [2.05, 4.69) is 26.2 Å². The molecular formula is C16H15BrN2O2. The number of aromatic nitrogens is 1. The van der Waals surface area contributed by atoms with Crippen LogP contribution in [0.5, 0.6) is 0 Å². The van der Waals surface area contributed by atoms with Gasteiger partial charge in [-0.05, 0) is 34.5 Å². The van der Waals surface area contributed by atoms with Crippen LogP contribution in [0.4, 0.5) is 5.82 Å². The summed E-state index contributed by atoms with van der Waals surface area (Å²) in [6.45, 7) is 1.86. The van der Waals surface area contributed by atoms with Gasteiger partial charge in [0, 0.05) is 29.1 Å². The first-order chi connectivity index (χ1) is 10.1. The van der Waals surface area contributed by atoms with Crippen LogP contribution in [-0.4, -0.2) is 16.7 Å². The van der Waals surface area contributed by atoms with Crippen molar-refractivity contribution in [2.24, 2.45) is 0 Å². The molecule has 0 saturated heterocycles. The van der Waals surface area contributed by atoms with Gasteiger partial charge < -0.3 is 5.32 Å². The third kappa shape index (κ3) is 4.49. The second-order valence-corrected chi connectivity index (χ2v) is 5.57. The highest BCUT2D eigenvalue weighted by molar-refractivity contribution is 9.10. The number of amides is 1. The van der Waals surface area contributed by atoms with Gasteiger partial charge >= 0.3 is 0 Å². The number of anilines is 1. The van der Waals surface area contributed by atoms with Gasteiger partial charge in [-0.15, -0.1) is 0 Å². The Morgan fingerprint density at radius 3 is 2.57 bits per heavy atom. The second-order valence-electron chi connectivity index (χ2n) is 4.66. The third-order valence-electron chi connectivity index (χ3n) is 2.98. The number of hydrogen-bond acceptors (Lipinski definition) is 3. The van der Waals surface area contributed by atoms with Crippen LogP contribution >= 0.6 is 15.9 Å². The predicted octanol–water partition coefficient (Wildman–Crippen LogP) is 3.75. The van der Waals surface area contributed by atoms with Crippen LogP contribution in [0.25, 0.3) is 0 Å². The summed E-state index contributed by atoms with van der Waals surface area (Å²) in [4.78, 5) is 27.9. The largest absolute Gasteiger partial charge is 0.310 e. The number of halogens is 1. The first kappa shape index (κ1) is 15.4. The Hall–Kier alpha value is -2.01. The molecule has 0 aliphatic carbocycles. The molecule has 0 spiro atoms. The summed E-state index contributed by atoms with van der Waals surface area (Å²) in [5.41, 5.74) is 1.50. The molecule has 2 aromatic rings. The van der Waals surface area contributed by atoms with Gasteiger partial charge in [0.1, 0.15) is 5.82 Å². The Balaban J connectivity index is 1.89. The van der Waals surface area contributed by atoms with E-state index in [4.69, 9.17) is 0 Å². The van der Waals surface area contributed by atoms with Gasteiger partial charge in [0.2, 0.25) is 5.91 Å². The van der Waals surface area contributed by atoms with Crippen molar-refractivity contribution in [3.05, 3.63) is 58.2 Å². The average molecular weight is 347 g/mol. The maximum absolute atomic E-state index is 11.9. The van der Waals surface area contributed by atoms with Crippen LogP contribution in [0.2, 0.25) is 0 Å². The van der Waals surface area contributed by atoms with Crippen molar-refractivity contribution in [2.45, 2.75) is 19.8 Å². The molecule has 1 N–H and O–H groups in total. The number of ketones is 1. The van der Waals surface area contributed by atoms with Gasteiger partial charge in [0.25, 0.3) is 0 Å². The van der Waals surface area contributed by atoms with E-state index in [0.29, 0.717) is 11.4 Å². The Labute approximate surface area is 131 Å². The summed E-state index contributed by atoms with van der Waals surface area (Å²) in [7, 11) is 0. The van der Waals surface area contributed by atoms with Crippen molar-refractivity contribution in [1.29, 1.82) is 0 Å². The topological polar surface area (TPSA) is 59.1 Å². The number of rotatable bonds is 5. The van der Waals surface area contributed by atoms with Crippen molar-refractivity contribution >= 4 is 33.4 Å². The number of Topliss-reactive ketones (excluding diaryl/α,β-unsaturated/α-hetero) is 1. The molecule has 1 amide bonds. The Morgan fingerprint density at radius 1 is 1.19 bits per heavy atom. The molecular weight excluding hydrogens is 332 g/mol. The zero-order chi connectivity index (χ0) is 15.2. The van der Waals surface area contributed by atoms with Crippen LogP contribution in [0.15, 0.2) is 47.1 Å². The summed E-state index contributed by atoms with van der Waals surface area (Å²) in [5.74, 6) is 0.277. The Kier molecular flexibility index (Phi) is 5.22. The van der Waals surface area contributed by atoms with Crippen molar-refractivity contribution in [2.75, 3.05) is 5.32 Å². The van der Waals surface area contributed by atoms with Gasteiger partial charge in [0.05, 0.1) is 0 Å². The molecule has 5 heteroatoms. The quantitative estimate of drug-likeness (QED) is 0.838. The van der Waals surface area contributed by atoms with E-state index in [1.807, 2.05) is 31.2 Å². The maximum Gasteiger partial charge on any atom is 0.225 e. The zero-order valence-corrected chi connectivity index (χ0v) is 13.2. The lowest BCUT2D eigenvalue weighted by Gasteiger charge is -2.07. The van der Waals surface area contributed by atoms with Crippen LogP contribution in [0.1, 0.15) is 28.8 Å². The van der Waals surface area contributed by atoms with Crippen molar-refractivity contribution in [1.82, 2.24) is 4.98 Å². The molecule has 0 radical (unpaired) electrons. The minimum absolute atomic E-state index is 0.0359. The smallest absolute Gasteiger partial charge is 0.225 e. The Morgan fingerprint density at radius 2 is 1.90 bits per heavy atom. The molecule has 0 unspecified atom stereocenters. The molecule has 0 saturated carbocycles. The van der Waals surface area contributed by atoms with Crippen molar-refractivity contribution in [3.8, 4) is 0 Å². The fourth-order valence-corrected chi connectivity index (χ4v) is 2.31. The highest BCUT2D eigenvalue weighted by atomic mass is 79.9. The summed E-state index contributed by atoms with van der Waals surface area (Å²) >= 11 is 3.32. The zero-order valence-electron chi connectivity index (χ0n) is 11.6. The van der Waals surface area contributed by atoms with Gasteiger partial charge in [-0.1, -0.05) is 30.3 Å². The van der Waals surface area contributed by atoms with Crippen molar-refractivity contribution < 1.29 is 9.59 Å². The number of hydrogen-bond donors (Lipinski definition) is 1. The van der Waals surface area contributed by atoms with Gasteiger partial charge in [-0.3, -0.25) is 9.59 Å². The summed E-state index contributed by atoms with van der Waals surface area (Å²) in [6.07, 6.45) is 1.95.